The molecule has 14 heteroatoms. The van der Waals surface area contributed by atoms with E-state index in [1.54, 1.807) is 0 Å². The van der Waals surface area contributed by atoms with Crippen molar-refractivity contribution in [1.82, 2.24) is 9.55 Å². The van der Waals surface area contributed by atoms with Gasteiger partial charge in [-0.25, -0.2) is 4.79 Å². The van der Waals surface area contributed by atoms with Crippen molar-refractivity contribution in [2.45, 2.75) is 30.5 Å². The molecule has 0 saturated carbocycles. The first kappa shape index (κ1) is 24.8. The average Bonchev–Trinajstić information content (AvgIpc) is 2.92. The lowest BCUT2D eigenvalue weighted by molar-refractivity contribution is -0.147. The number of rotatable bonds is 11. The fraction of sp³-hybridized carbons (Fsp3) is 0.688. The number of halogens is 2. The zero-order valence-electron chi connectivity index (χ0n) is 15.7. The minimum absolute atomic E-state index is 0.0346. The predicted octanol–water partition coefficient (Wildman–Crippen LogP) is -0.918. The Bertz CT molecular complexity index is 771. The number of aromatic nitrogens is 2. The van der Waals surface area contributed by atoms with Crippen LogP contribution in [0.3, 0.4) is 0 Å². The summed E-state index contributed by atoms with van der Waals surface area (Å²) in [7, 11) is 0. The lowest BCUT2D eigenvalue weighted by Crippen LogP contribution is -2.42. The largest absolute Gasteiger partial charge is 0.462 e. The molecule has 0 aliphatic carbocycles. The van der Waals surface area contributed by atoms with Crippen LogP contribution >= 0.6 is 23.5 Å². The first-order chi connectivity index (χ1) is 14.2. The third-order valence-corrected chi connectivity index (χ3v) is 6.31. The molecule has 5 N–H and O–H groups in total. The van der Waals surface area contributed by atoms with Gasteiger partial charge in [-0.15, -0.1) is 11.8 Å². The van der Waals surface area contributed by atoms with Gasteiger partial charge in [0.15, 0.2) is 6.10 Å². The maximum atomic E-state index is 14.4. The van der Waals surface area contributed by atoms with Gasteiger partial charge in [0.25, 0.3) is 0 Å². The molecule has 2 heterocycles. The maximum Gasteiger partial charge on any atom is 0.351 e. The summed E-state index contributed by atoms with van der Waals surface area (Å²) >= 11 is 2.66. The number of carbonyl (C=O) groups is 1. The van der Waals surface area contributed by atoms with Crippen molar-refractivity contribution in [2.75, 3.05) is 42.0 Å². The average molecular weight is 472 g/mol. The van der Waals surface area contributed by atoms with Crippen molar-refractivity contribution in [1.29, 1.82) is 0 Å². The van der Waals surface area contributed by atoms with Crippen molar-refractivity contribution in [3.8, 4) is 0 Å². The second-order valence-electron chi connectivity index (χ2n) is 6.34. The highest BCUT2D eigenvalue weighted by molar-refractivity contribution is 8.03. The number of carbonyl (C=O) groups excluding carboxylic acids is 1. The van der Waals surface area contributed by atoms with Crippen molar-refractivity contribution < 1.29 is 38.4 Å². The van der Waals surface area contributed by atoms with Gasteiger partial charge in [-0.2, -0.15) is 25.5 Å². The van der Waals surface area contributed by atoms with Crippen LogP contribution in [0.1, 0.15) is 6.23 Å². The van der Waals surface area contributed by atoms with Crippen molar-refractivity contribution in [3.05, 3.63) is 22.7 Å². The summed E-state index contributed by atoms with van der Waals surface area (Å²) in [4.78, 5) is 26.9. The zero-order chi connectivity index (χ0) is 22.3. The second kappa shape index (κ2) is 11.2. The Balaban J connectivity index is 1.79. The molecule has 0 bridgehead atoms. The number of hydrogen-bond acceptors (Lipinski definition) is 11. The van der Waals surface area contributed by atoms with Gasteiger partial charge in [0.2, 0.25) is 6.23 Å². The summed E-state index contributed by atoms with van der Waals surface area (Å²) in [6.45, 7) is -0.924. The normalized spacial score (nSPS) is 24.0. The van der Waals surface area contributed by atoms with Gasteiger partial charge in [0.05, 0.1) is 18.5 Å². The summed E-state index contributed by atoms with van der Waals surface area (Å²) in [5.41, 5.74) is 4.27. The molecule has 1 aromatic rings. The van der Waals surface area contributed by atoms with Crippen LogP contribution in [0, 0.1) is 0 Å². The van der Waals surface area contributed by atoms with Crippen LogP contribution in [0.15, 0.2) is 17.1 Å². The number of nitrogens with zero attached hydrogens (tertiary/aromatic N) is 2. The number of ether oxygens (including phenoxy) is 2. The van der Waals surface area contributed by atoms with Crippen molar-refractivity contribution >= 4 is 35.3 Å². The lowest BCUT2D eigenvalue weighted by Gasteiger charge is -2.20. The Hall–Kier alpha value is -1.45. The Labute approximate surface area is 178 Å². The molecule has 4 atom stereocenters. The minimum atomic E-state index is -3.82. The number of aliphatic hydroxyl groups is 3. The number of aliphatic hydroxyl groups excluding tert-OH is 3. The van der Waals surface area contributed by atoms with E-state index in [1.165, 1.54) is 23.5 Å². The molecule has 1 saturated heterocycles. The third-order valence-electron chi connectivity index (χ3n) is 4.01. The van der Waals surface area contributed by atoms with Crippen LogP contribution < -0.4 is 11.4 Å². The molecule has 30 heavy (non-hydrogen) atoms. The number of anilines is 1. The van der Waals surface area contributed by atoms with Crippen LogP contribution in [0.4, 0.5) is 14.6 Å². The molecular formula is C16H23F2N3O7S2. The summed E-state index contributed by atoms with van der Waals surface area (Å²) in [5.74, 6) is -3.08. The molecule has 1 aliphatic heterocycles. The van der Waals surface area contributed by atoms with Gasteiger partial charge < -0.3 is 30.5 Å². The number of nitrogens with two attached hydrogens (primary N) is 1. The number of esters is 1. The SMILES string of the molecule is Nc1ccn([C@@H]2O[C@H](COC(=O)CSCCSCC(O)CO)C(O)C2(F)F)c(=O)n1. The highest BCUT2D eigenvalue weighted by atomic mass is 32.2. The van der Waals surface area contributed by atoms with E-state index in [9.17, 15) is 28.6 Å². The first-order valence-corrected chi connectivity index (χ1v) is 11.1. The standard InChI is InChI=1S/C16H23F2N3O7S2/c17-16(18)13(25)10(28-14(16)21-2-1-11(19)20-15(21)26)6-27-12(24)8-30-4-3-29-7-9(23)5-22/h1-2,9-10,13-14,22-23,25H,3-8H2,(H2,19,20,26)/t9?,10-,13?,14-/m1/s1. The van der Waals surface area contributed by atoms with Crippen LogP contribution in [0.2, 0.25) is 0 Å². The lowest BCUT2D eigenvalue weighted by atomic mass is 10.1. The van der Waals surface area contributed by atoms with Crippen LogP contribution in [0.5, 0.6) is 0 Å². The fourth-order valence-electron chi connectivity index (χ4n) is 2.47. The summed E-state index contributed by atoms with van der Waals surface area (Å²) in [6.07, 6.45) is -5.73. The smallest absolute Gasteiger partial charge is 0.351 e. The minimum Gasteiger partial charge on any atom is -0.462 e. The Morgan fingerprint density at radius 2 is 2.13 bits per heavy atom. The van der Waals surface area contributed by atoms with E-state index in [0.717, 1.165) is 12.3 Å². The van der Waals surface area contributed by atoms with Crippen LogP contribution in [0.25, 0.3) is 0 Å². The predicted molar refractivity (Wildman–Crippen MR) is 106 cm³/mol. The summed E-state index contributed by atoms with van der Waals surface area (Å²) in [6, 6.07) is 1.14. The second-order valence-corrected chi connectivity index (χ2v) is 8.59. The Morgan fingerprint density at radius 1 is 1.43 bits per heavy atom. The summed E-state index contributed by atoms with van der Waals surface area (Å²) in [5, 5.41) is 27.7. The zero-order valence-corrected chi connectivity index (χ0v) is 17.4. The Morgan fingerprint density at radius 3 is 2.80 bits per heavy atom. The highest BCUT2D eigenvalue weighted by Crippen LogP contribution is 2.42. The monoisotopic (exact) mass is 471 g/mol. The van der Waals surface area contributed by atoms with Crippen molar-refractivity contribution in [3.63, 3.8) is 0 Å². The molecule has 170 valence electrons. The van der Waals surface area contributed by atoms with Gasteiger partial charge >= 0.3 is 17.6 Å². The van der Waals surface area contributed by atoms with Gasteiger partial charge in [-0.1, -0.05) is 0 Å². The highest BCUT2D eigenvalue weighted by Gasteiger charge is 2.60. The molecule has 1 aromatic heterocycles. The van der Waals surface area contributed by atoms with E-state index in [0.29, 0.717) is 21.8 Å². The maximum absolute atomic E-state index is 14.4. The van der Waals surface area contributed by atoms with Gasteiger partial charge in [0, 0.05) is 23.5 Å². The molecule has 2 unspecified atom stereocenters. The molecule has 0 spiro atoms. The quantitative estimate of drug-likeness (QED) is 0.234. The molecule has 0 radical (unpaired) electrons. The van der Waals surface area contributed by atoms with Crippen LogP contribution in [-0.4, -0.2) is 91.3 Å². The topological polar surface area (TPSA) is 157 Å². The van der Waals surface area contributed by atoms with E-state index < -0.39 is 48.7 Å². The number of hydrogen-bond donors (Lipinski definition) is 4. The molecule has 2 rings (SSSR count). The molecular weight excluding hydrogens is 448 g/mol. The van der Waals surface area contributed by atoms with E-state index in [1.807, 2.05) is 0 Å². The molecule has 1 fully saturated rings. The van der Waals surface area contributed by atoms with Gasteiger partial charge in [-0.05, 0) is 6.07 Å². The number of thioether (sulfide) groups is 2. The van der Waals surface area contributed by atoms with Crippen LogP contribution in [-0.2, 0) is 14.3 Å². The number of alkyl halides is 2. The van der Waals surface area contributed by atoms with Gasteiger partial charge in [-0.3, -0.25) is 9.36 Å². The molecule has 10 nitrogen and oxygen atoms in total. The number of nitrogen functional groups attached to an aromatic ring is 1. The molecule has 0 aromatic carbocycles. The summed E-state index contributed by atoms with van der Waals surface area (Å²) < 4.78 is 39.3. The molecule has 0 amide bonds. The first-order valence-electron chi connectivity index (χ1n) is 8.82. The van der Waals surface area contributed by atoms with Gasteiger partial charge in [0.1, 0.15) is 18.5 Å². The van der Waals surface area contributed by atoms with E-state index in [-0.39, 0.29) is 18.2 Å². The van der Waals surface area contributed by atoms with E-state index in [2.05, 4.69) is 4.98 Å². The van der Waals surface area contributed by atoms with E-state index in [4.69, 9.17) is 20.3 Å². The van der Waals surface area contributed by atoms with E-state index >= 15 is 0 Å². The third kappa shape index (κ3) is 6.52. The van der Waals surface area contributed by atoms with Crippen molar-refractivity contribution in [2.24, 2.45) is 0 Å². The fourth-order valence-corrected chi connectivity index (χ4v) is 4.35. The Kier molecular flexibility index (Phi) is 9.31. The molecule has 1 aliphatic rings.